The van der Waals surface area contributed by atoms with Crippen LogP contribution in [-0.4, -0.2) is 4.98 Å². The number of para-hydroxylation sites is 1. The number of nitriles is 3. The van der Waals surface area contributed by atoms with Crippen LogP contribution in [0.4, 0.5) is 0 Å². The summed E-state index contributed by atoms with van der Waals surface area (Å²) in [6.07, 6.45) is 1.84. The molecule has 0 bridgehead atoms. The lowest BCUT2D eigenvalue weighted by molar-refractivity contribution is 0.714. The van der Waals surface area contributed by atoms with Crippen molar-refractivity contribution in [2.24, 2.45) is 5.92 Å². The molecule has 0 spiro atoms. The smallest absolute Gasteiger partial charge is 0.144 e. The molecule has 3 aromatic rings. The average molecular weight is 296 g/mol. The molecular formula is C19H12N4. The lowest BCUT2D eigenvalue weighted by atomic mass is 9.81. The van der Waals surface area contributed by atoms with Gasteiger partial charge in [0.25, 0.3) is 0 Å². The SMILES string of the molecule is N#Cc1cccc(C(c2c[nH]c3ccccc23)C(C#N)C#N)c1. The zero-order valence-corrected chi connectivity index (χ0v) is 12.2. The number of nitrogens with zero attached hydrogens (tertiary/aromatic N) is 3. The highest BCUT2D eigenvalue weighted by Gasteiger charge is 2.27. The van der Waals surface area contributed by atoms with Gasteiger partial charge in [-0.05, 0) is 29.3 Å². The summed E-state index contributed by atoms with van der Waals surface area (Å²) < 4.78 is 0. The van der Waals surface area contributed by atoms with E-state index in [1.807, 2.05) is 36.5 Å². The quantitative estimate of drug-likeness (QED) is 0.796. The van der Waals surface area contributed by atoms with Gasteiger partial charge < -0.3 is 4.98 Å². The standard InChI is InChI=1S/C19H12N4/c20-9-13-4-3-5-14(8-13)19(15(10-21)11-22)17-12-23-18-7-2-1-6-16(17)18/h1-8,12,15,19,23H. The summed E-state index contributed by atoms with van der Waals surface area (Å²) in [4.78, 5) is 3.19. The fraction of sp³-hybridized carbons (Fsp3) is 0.105. The predicted octanol–water partition coefficient (Wildman–Crippen LogP) is 3.83. The maximum Gasteiger partial charge on any atom is 0.144 e. The molecule has 1 N–H and O–H groups in total. The highest BCUT2D eigenvalue weighted by molar-refractivity contribution is 5.84. The van der Waals surface area contributed by atoms with E-state index in [4.69, 9.17) is 5.26 Å². The topological polar surface area (TPSA) is 87.2 Å². The lowest BCUT2D eigenvalue weighted by Gasteiger charge is -2.18. The Bertz CT molecular complexity index is 965. The van der Waals surface area contributed by atoms with E-state index in [2.05, 4.69) is 23.2 Å². The van der Waals surface area contributed by atoms with E-state index < -0.39 is 11.8 Å². The predicted molar refractivity (Wildman–Crippen MR) is 86.0 cm³/mol. The first kappa shape index (κ1) is 14.4. The number of H-pyrrole nitrogens is 1. The summed E-state index contributed by atoms with van der Waals surface area (Å²) in [6.45, 7) is 0. The summed E-state index contributed by atoms with van der Waals surface area (Å²) in [7, 11) is 0. The minimum absolute atomic E-state index is 0.408. The van der Waals surface area contributed by atoms with Crippen molar-refractivity contribution < 1.29 is 0 Å². The van der Waals surface area contributed by atoms with E-state index in [0.29, 0.717) is 5.56 Å². The molecule has 4 heteroatoms. The molecule has 4 nitrogen and oxygen atoms in total. The molecule has 1 atom stereocenters. The molecule has 1 unspecified atom stereocenters. The number of fused-ring (bicyclic) bond motifs is 1. The highest BCUT2D eigenvalue weighted by atomic mass is 14.7. The van der Waals surface area contributed by atoms with Crippen LogP contribution in [0.25, 0.3) is 10.9 Å². The van der Waals surface area contributed by atoms with E-state index in [1.54, 1.807) is 18.2 Å². The van der Waals surface area contributed by atoms with E-state index in [-0.39, 0.29) is 0 Å². The summed E-state index contributed by atoms with van der Waals surface area (Å²) in [5.74, 6) is -1.24. The summed E-state index contributed by atoms with van der Waals surface area (Å²) in [5.41, 5.74) is 3.16. The molecule has 0 aliphatic heterocycles. The molecule has 108 valence electrons. The number of aromatic amines is 1. The molecule has 1 aromatic heterocycles. The molecule has 2 aromatic carbocycles. The van der Waals surface area contributed by atoms with Crippen molar-refractivity contribution in [1.29, 1.82) is 15.8 Å². The van der Waals surface area contributed by atoms with Crippen LogP contribution in [0.5, 0.6) is 0 Å². The zero-order chi connectivity index (χ0) is 16.2. The molecule has 0 saturated heterocycles. The van der Waals surface area contributed by atoms with Gasteiger partial charge in [0.05, 0.1) is 23.8 Å². The third-order valence-corrected chi connectivity index (χ3v) is 3.94. The number of hydrogen-bond acceptors (Lipinski definition) is 3. The number of aromatic nitrogens is 1. The minimum Gasteiger partial charge on any atom is -0.361 e. The van der Waals surface area contributed by atoms with Crippen molar-refractivity contribution in [3.63, 3.8) is 0 Å². The van der Waals surface area contributed by atoms with Crippen molar-refractivity contribution in [2.75, 3.05) is 0 Å². The average Bonchev–Trinajstić information content (AvgIpc) is 3.03. The van der Waals surface area contributed by atoms with Crippen molar-refractivity contribution in [3.05, 3.63) is 71.4 Å². The molecule has 0 saturated carbocycles. The maximum atomic E-state index is 9.41. The van der Waals surface area contributed by atoms with Crippen LogP contribution in [0.3, 0.4) is 0 Å². The normalized spacial score (nSPS) is 11.6. The van der Waals surface area contributed by atoms with Gasteiger partial charge in [0, 0.05) is 23.0 Å². The van der Waals surface area contributed by atoms with Crippen LogP contribution in [-0.2, 0) is 0 Å². The van der Waals surface area contributed by atoms with Crippen molar-refractivity contribution >= 4 is 10.9 Å². The van der Waals surface area contributed by atoms with Crippen molar-refractivity contribution in [2.45, 2.75) is 5.92 Å². The summed E-state index contributed by atoms with van der Waals surface area (Å²) in [5, 5.41) is 28.9. The number of hydrogen-bond donors (Lipinski definition) is 1. The molecule has 1 heterocycles. The maximum absolute atomic E-state index is 9.41. The number of benzene rings is 2. The van der Waals surface area contributed by atoms with E-state index in [9.17, 15) is 10.5 Å². The largest absolute Gasteiger partial charge is 0.361 e. The minimum atomic E-state index is -0.830. The fourth-order valence-corrected chi connectivity index (χ4v) is 2.88. The first-order chi connectivity index (χ1) is 11.3. The number of rotatable bonds is 3. The number of nitrogens with one attached hydrogen (secondary N) is 1. The van der Waals surface area contributed by atoms with E-state index >= 15 is 0 Å². The van der Waals surface area contributed by atoms with Gasteiger partial charge in [0.2, 0.25) is 0 Å². The third kappa shape index (κ3) is 2.53. The highest BCUT2D eigenvalue weighted by Crippen LogP contribution is 2.36. The Morgan fingerprint density at radius 2 is 1.70 bits per heavy atom. The van der Waals surface area contributed by atoms with Crippen LogP contribution in [0.2, 0.25) is 0 Å². The first-order valence-electron chi connectivity index (χ1n) is 7.13. The zero-order valence-electron chi connectivity index (χ0n) is 12.2. The van der Waals surface area contributed by atoms with Gasteiger partial charge in [-0.2, -0.15) is 15.8 Å². The molecule has 23 heavy (non-hydrogen) atoms. The second kappa shape index (κ2) is 6.06. The van der Waals surface area contributed by atoms with Gasteiger partial charge in [-0.3, -0.25) is 0 Å². The summed E-state index contributed by atoms with van der Waals surface area (Å²) >= 11 is 0. The monoisotopic (exact) mass is 296 g/mol. The molecule has 3 rings (SSSR count). The van der Waals surface area contributed by atoms with Gasteiger partial charge in [-0.15, -0.1) is 0 Å². The Morgan fingerprint density at radius 3 is 2.43 bits per heavy atom. The van der Waals surface area contributed by atoms with Gasteiger partial charge in [-0.1, -0.05) is 30.3 Å². The molecule has 0 aliphatic rings. The Hall–Kier alpha value is -3.55. The molecular weight excluding hydrogens is 284 g/mol. The van der Waals surface area contributed by atoms with Gasteiger partial charge in [-0.25, -0.2) is 0 Å². The molecule has 0 radical (unpaired) electrons. The molecule has 0 aliphatic carbocycles. The Morgan fingerprint density at radius 1 is 0.913 bits per heavy atom. The second-order valence-corrected chi connectivity index (χ2v) is 5.24. The van der Waals surface area contributed by atoms with Crippen LogP contribution < -0.4 is 0 Å². The fourth-order valence-electron chi connectivity index (χ4n) is 2.88. The Labute approximate surface area is 133 Å². The second-order valence-electron chi connectivity index (χ2n) is 5.24. The van der Waals surface area contributed by atoms with E-state index in [1.165, 1.54) is 0 Å². The van der Waals surface area contributed by atoms with Crippen molar-refractivity contribution in [3.8, 4) is 18.2 Å². The van der Waals surface area contributed by atoms with Gasteiger partial charge >= 0.3 is 0 Å². The van der Waals surface area contributed by atoms with Crippen molar-refractivity contribution in [1.82, 2.24) is 4.98 Å². The molecule has 0 fully saturated rings. The lowest BCUT2D eigenvalue weighted by Crippen LogP contribution is -2.11. The molecule has 0 amide bonds. The van der Waals surface area contributed by atoms with Crippen LogP contribution >= 0.6 is 0 Å². The third-order valence-electron chi connectivity index (χ3n) is 3.94. The van der Waals surface area contributed by atoms with Gasteiger partial charge in [0.15, 0.2) is 0 Å². The van der Waals surface area contributed by atoms with E-state index in [0.717, 1.165) is 22.0 Å². The van der Waals surface area contributed by atoms with Crippen LogP contribution in [0, 0.1) is 39.9 Å². The van der Waals surface area contributed by atoms with Crippen LogP contribution in [0.1, 0.15) is 22.6 Å². The van der Waals surface area contributed by atoms with Crippen LogP contribution in [0.15, 0.2) is 54.7 Å². The Kier molecular flexibility index (Phi) is 3.79. The van der Waals surface area contributed by atoms with Gasteiger partial charge in [0.1, 0.15) is 5.92 Å². The summed E-state index contributed by atoms with van der Waals surface area (Å²) in [6, 6.07) is 21.1. The first-order valence-corrected chi connectivity index (χ1v) is 7.13. The Balaban J connectivity index is 2.23.